The second-order valence-electron chi connectivity index (χ2n) is 4.09. The molecule has 0 aromatic carbocycles. The minimum Gasteiger partial charge on any atom is -0.408 e. The van der Waals surface area contributed by atoms with Crippen molar-refractivity contribution < 1.29 is 30.0 Å². The van der Waals surface area contributed by atoms with Crippen LogP contribution in [-0.4, -0.2) is 66.2 Å². The first-order chi connectivity index (χ1) is 7.89. The number of hydrogen-bond acceptors (Lipinski definition) is 7. The fourth-order valence-electron chi connectivity index (χ4n) is 1.67. The van der Waals surface area contributed by atoms with E-state index in [4.69, 9.17) is 35.7 Å². The Hall–Kier alpha value is -0.0631. The highest BCUT2D eigenvalue weighted by Crippen LogP contribution is 2.24. The van der Waals surface area contributed by atoms with Gasteiger partial charge in [0.05, 0.1) is 0 Å². The maximum atomic E-state index is 9.01. The zero-order chi connectivity index (χ0) is 13.4. The van der Waals surface area contributed by atoms with Crippen LogP contribution in [0.3, 0.4) is 0 Å². The van der Waals surface area contributed by atoms with E-state index < -0.39 is 20.9 Å². The lowest BCUT2D eigenvalue weighted by atomic mass is 10.5. The van der Waals surface area contributed by atoms with Crippen LogP contribution in [0.5, 0.6) is 0 Å². The Bertz CT molecular complexity index is 192. The molecule has 0 unspecified atom stereocenters. The molecule has 0 aliphatic rings. The first-order valence-electron chi connectivity index (χ1n) is 5.62. The van der Waals surface area contributed by atoms with Gasteiger partial charge in [-0.2, -0.15) is 0 Å². The van der Waals surface area contributed by atoms with Crippen LogP contribution in [0.25, 0.3) is 0 Å². The third-order valence-corrected chi connectivity index (χ3v) is 6.83. The van der Waals surface area contributed by atoms with Gasteiger partial charge in [-0.3, -0.25) is 0 Å². The molecule has 7 nitrogen and oxygen atoms in total. The van der Waals surface area contributed by atoms with Crippen molar-refractivity contribution in [2.45, 2.75) is 30.5 Å². The van der Waals surface area contributed by atoms with Crippen molar-refractivity contribution >= 4 is 8.32 Å². The van der Waals surface area contributed by atoms with Gasteiger partial charge in [0, 0.05) is 13.2 Å². The van der Waals surface area contributed by atoms with Gasteiger partial charge in [-0.25, -0.2) is 0 Å². The summed E-state index contributed by atoms with van der Waals surface area (Å²) in [4.78, 5) is 0. The van der Waals surface area contributed by atoms with Gasteiger partial charge in [0.2, 0.25) is 0 Å². The number of aliphatic hydroxyl groups is 5. The average molecular weight is 269 g/mol. The number of rotatable bonds is 10. The summed E-state index contributed by atoms with van der Waals surface area (Å²) in [6.07, 6.45) is 0.668. The summed E-state index contributed by atoms with van der Waals surface area (Å²) >= 11 is 0. The van der Waals surface area contributed by atoms with Crippen molar-refractivity contribution in [2.75, 3.05) is 26.4 Å². The number of aliphatic hydroxyl groups excluding tert-OH is 2. The Labute approximate surface area is 102 Å². The van der Waals surface area contributed by atoms with E-state index in [0.29, 0.717) is 31.1 Å². The van der Waals surface area contributed by atoms with Gasteiger partial charge in [-0.1, -0.05) is 0 Å². The normalized spacial score (nSPS) is 13.1. The summed E-state index contributed by atoms with van der Waals surface area (Å²) in [5, 5.41) is 44.4. The van der Waals surface area contributed by atoms with Gasteiger partial charge < -0.3 is 35.7 Å². The van der Waals surface area contributed by atoms with Crippen molar-refractivity contribution in [2.24, 2.45) is 5.73 Å². The van der Waals surface area contributed by atoms with E-state index in [1.807, 2.05) is 0 Å². The van der Waals surface area contributed by atoms with Crippen molar-refractivity contribution in [3.05, 3.63) is 0 Å². The molecule has 0 aromatic rings. The molecule has 0 atom stereocenters. The van der Waals surface area contributed by atoms with E-state index in [2.05, 4.69) is 0 Å². The number of nitrogens with two attached hydrogens (primary N) is 1. The summed E-state index contributed by atoms with van der Waals surface area (Å²) < 4.78 is 5.39. The molecule has 0 aromatic heterocycles. The molecule has 0 bridgehead atoms. The Morgan fingerprint density at radius 1 is 1.00 bits per heavy atom. The van der Waals surface area contributed by atoms with Crippen LogP contribution in [0.2, 0.25) is 18.1 Å². The highest BCUT2D eigenvalue weighted by atomic mass is 28.4. The molecule has 0 rings (SSSR count). The molecule has 0 fully saturated rings. The van der Waals surface area contributed by atoms with E-state index >= 15 is 0 Å². The molecule has 0 aliphatic carbocycles. The predicted molar refractivity (Wildman–Crippen MR) is 63.4 cm³/mol. The highest BCUT2D eigenvalue weighted by molar-refractivity contribution is 6.73. The zero-order valence-electron chi connectivity index (χ0n) is 9.88. The minimum atomic E-state index is -2.88. The summed E-state index contributed by atoms with van der Waals surface area (Å²) in [6.45, 7) is -0.403. The topological polar surface area (TPSA) is 136 Å². The third kappa shape index (κ3) is 7.79. The van der Waals surface area contributed by atoms with Gasteiger partial charge >= 0.3 is 0 Å². The molecule has 17 heavy (non-hydrogen) atoms. The first kappa shape index (κ1) is 16.9. The van der Waals surface area contributed by atoms with Gasteiger partial charge in [0.1, 0.15) is 6.61 Å². The molecular formula is C9H23NO6Si. The molecule has 0 amide bonds. The molecule has 7 N–H and O–H groups in total. The molecule has 0 heterocycles. The van der Waals surface area contributed by atoms with E-state index in [1.165, 1.54) is 0 Å². The molecule has 0 saturated heterocycles. The fourth-order valence-corrected chi connectivity index (χ4v) is 5.02. The van der Waals surface area contributed by atoms with Crippen molar-refractivity contribution in [1.29, 1.82) is 0 Å². The van der Waals surface area contributed by atoms with Gasteiger partial charge in [-0.05, 0) is 31.1 Å². The second-order valence-corrected chi connectivity index (χ2v) is 8.24. The van der Waals surface area contributed by atoms with Crippen LogP contribution in [0.1, 0.15) is 6.42 Å². The Morgan fingerprint density at radius 2 is 1.53 bits per heavy atom. The molecule has 0 spiro atoms. The largest absolute Gasteiger partial charge is 0.408 e. The predicted octanol–water partition coefficient (Wildman–Crippen LogP) is -2.09. The Kier molecular flexibility index (Phi) is 8.08. The van der Waals surface area contributed by atoms with Crippen molar-refractivity contribution in [3.8, 4) is 0 Å². The number of hydrogen-bond donors (Lipinski definition) is 6. The quantitative estimate of drug-likeness (QED) is 0.198. The van der Waals surface area contributed by atoms with Gasteiger partial charge in [0.15, 0.2) is 8.32 Å². The van der Waals surface area contributed by atoms with E-state index in [1.54, 1.807) is 0 Å². The lowest BCUT2D eigenvalue weighted by molar-refractivity contribution is -0.323. The highest BCUT2D eigenvalue weighted by Gasteiger charge is 2.36. The van der Waals surface area contributed by atoms with Crippen LogP contribution in [0.15, 0.2) is 0 Å². The maximum Gasteiger partial charge on any atom is 0.298 e. The van der Waals surface area contributed by atoms with Crippen LogP contribution >= 0.6 is 0 Å². The fraction of sp³-hybridized carbons (Fsp3) is 1.00. The van der Waals surface area contributed by atoms with Crippen LogP contribution in [-0.2, 0) is 4.43 Å². The lowest BCUT2D eigenvalue weighted by Crippen LogP contribution is -2.46. The molecule has 0 saturated carbocycles. The Balaban J connectivity index is 4.51. The van der Waals surface area contributed by atoms with Crippen LogP contribution in [0.4, 0.5) is 0 Å². The van der Waals surface area contributed by atoms with Gasteiger partial charge in [-0.15, -0.1) is 0 Å². The standard InChI is InChI=1S/C9H23NO6Si/c10-2-1-5-17(6-3-11,7-4-12)16-8-9(13,14)15/h11-15H,1-8,10H2. The van der Waals surface area contributed by atoms with Crippen LogP contribution < -0.4 is 5.73 Å². The Morgan fingerprint density at radius 3 is 1.88 bits per heavy atom. The molecule has 0 radical (unpaired) electrons. The van der Waals surface area contributed by atoms with Gasteiger partial charge in [0.25, 0.3) is 5.97 Å². The minimum absolute atomic E-state index is 0.105. The molecule has 104 valence electrons. The van der Waals surface area contributed by atoms with E-state index in [0.717, 1.165) is 0 Å². The summed E-state index contributed by atoms with van der Waals surface area (Å²) in [5.41, 5.74) is 5.40. The lowest BCUT2D eigenvalue weighted by Gasteiger charge is -2.32. The molecule has 8 heteroatoms. The first-order valence-corrected chi connectivity index (χ1v) is 8.15. The summed E-state index contributed by atoms with van der Waals surface area (Å²) in [6, 6.07) is 1.33. The zero-order valence-corrected chi connectivity index (χ0v) is 10.9. The second kappa shape index (κ2) is 8.11. The van der Waals surface area contributed by atoms with E-state index in [9.17, 15) is 0 Å². The monoisotopic (exact) mass is 269 g/mol. The summed E-state index contributed by atoms with van der Waals surface area (Å²) in [5.74, 6) is -2.88. The van der Waals surface area contributed by atoms with Crippen LogP contribution in [0, 0.1) is 0 Å². The van der Waals surface area contributed by atoms with Crippen molar-refractivity contribution in [3.63, 3.8) is 0 Å². The molecular weight excluding hydrogens is 246 g/mol. The smallest absolute Gasteiger partial charge is 0.298 e. The molecule has 0 aliphatic heterocycles. The average Bonchev–Trinajstić information content (AvgIpc) is 2.23. The third-order valence-electron chi connectivity index (χ3n) is 2.54. The summed E-state index contributed by atoms with van der Waals surface area (Å²) in [7, 11) is -2.49. The maximum absolute atomic E-state index is 9.01. The SMILES string of the molecule is NCCC[Si](CCO)(CCO)OCC(O)(O)O. The van der Waals surface area contributed by atoms with Crippen molar-refractivity contribution in [1.82, 2.24) is 0 Å². The van der Waals surface area contributed by atoms with E-state index in [-0.39, 0.29) is 13.2 Å².